The van der Waals surface area contributed by atoms with Gasteiger partial charge in [-0.3, -0.25) is 0 Å². The summed E-state index contributed by atoms with van der Waals surface area (Å²) in [4.78, 5) is 14.1. The zero-order chi connectivity index (χ0) is 21.6. The Labute approximate surface area is 200 Å². The van der Waals surface area contributed by atoms with Crippen LogP contribution in [0.4, 0.5) is 0 Å². The number of nitrogens with one attached hydrogen (secondary N) is 3. The SMILES string of the molecule is CCC(C[At])C(C)(C)NC(=O)c1o[nH+]c(OCC2CCNCC2)c1SC1CCCC1. The summed E-state index contributed by atoms with van der Waals surface area (Å²) in [6, 6.07) is 0. The molecule has 1 aromatic rings. The molecule has 0 aromatic carbocycles. The second-order valence-electron chi connectivity index (χ2n) is 9.16. The maximum absolute atomic E-state index is 13.2. The topological polar surface area (TPSA) is 77.6 Å². The molecule has 8 heteroatoms. The van der Waals surface area contributed by atoms with Crippen molar-refractivity contribution in [2.75, 3.05) is 19.7 Å². The third-order valence-corrected chi connectivity index (χ3v) is 9.37. The van der Waals surface area contributed by atoms with E-state index in [1.165, 1.54) is 25.7 Å². The van der Waals surface area contributed by atoms with Crippen molar-refractivity contribution < 1.29 is 43.9 Å². The molecule has 6 nitrogen and oxygen atoms in total. The monoisotopic (exact) mass is 633 g/mol. The van der Waals surface area contributed by atoms with Crippen LogP contribution in [0.1, 0.15) is 76.3 Å². The molecule has 3 rings (SSSR count). The third kappa shape index (κ3) is 6.35. The summed E-state index contributed by atoms with van der Waals surface area (Å²) in [5.41, 5.74) is -0.279. The van der Waals surface area contributed by atoms with Crippen LogP contribution in [0.2, 0.25) is 4.13 Å². The van der Waals surface area contributed by atoms with Crippen molar-refractivity contribution in [2.24, 2.45) is 11.8 Å². The van der Waals surface area contributed by atoms with Gasteiger partial charge in [-0.2, -0.15) is 0 Å². The minimum atomic E-state index is -0.279. The molecule has 1 unspecified atom stereocenters. The number of carbonyl (C=O) groups is 1. The standard InChI is InChI=1S/C22H36AtN3O3S/c1-4-16(13-23)22(2,3)25-20(27)18-19(30-17-7-5-6-8-17)21(26-29-18)28-14-15-9-11-24-12-10-15/h15-17,24H,4-14H2,1-3H3,(H,25,27)/p+1. The van der Waals surface area contributed by atoms with Gasteiger partial charge >= 0.3 is 183 Å². The van der Waals surface area contributed by atoms with E-state index in [0.717, 1.165) is 41.4 Å². The number of thioether (sulfide) groups is 1. The van der Waals surface area contributed by atoms with Gasteiger partial charge in [0.1, 0.15) is 0 Å². The maximum atomic E-state index is 13.2. The molecular weight excluding hydrogens is 596 g/mol. The second-order valence-corrected chi connectivity index (χ2v) is 11.7. The Morgan fingerprint density at radius 3 is 2.67 bits per heavy atom. The van der Waals surface area contributed by atoms with Crippen LogP contribution in [-0.2, 0) is 0 Å². The normalized spacial score (nSPS) is 19.7. The van der Waals surface area contributed by atoms with E-state index < -0.39 is 0 Å². The first kappa shape index (κ1) is 24.3. The van der Waals surface area contributed by atoms with Gasteiger partial charge in [0.25, 0.3) is 0 Å². The van der Waals surface area contributed by atoms with Crippen LogP contribution in [0.5, 0.6) is 5.88 Å². The average molecular weight is 634 g/mol. The zero-order valence-electron chi connectivity index (χ0n) is 18.5. The molecular formula is C22H37AtN3O3S+. The molecule has 2 fully saturated rings. The molecule has 2 heterocycles. The van der Waals surface area contributed by atoms with Crippen molar-refractivity contribution in [3.8, 4) is 5.88 Å². The van der Waals surface area contributed by atoms with Crippen molar-refractivity contribution in [2.45, 2.75) is 85.5 Å². The predicted octanol–water partition coefficient (Wildman–Crippen LogP) is 4.01. The van der Waals surface area contributed by atoms with Crippen molar-refractivity contribution >= 4 is 17.7 Å². The molecule has 1 saturated heterocycles. The Morgan fingerprint density at radius 1 is 1.33 bits per heavy atom. The molecule has 0 radical (unpaired) electrons. The second kappa shape index (κ2) is 11.5. The van der Waals surface area contributed by atoms with Crippen molar-refractivity contribution in [3.05, 3.63) is 5.76 Å². The molecule has 0 bridgehead atoms. The first-order valence-corrected chi connectivity index (χ1v) is 14.3. The molecule has 1 amide bonds. The Morgan fingerprint density at radius 2 is 2.03 bits per heavy atom. The van der Waals surface area contributed by atoms with Crippen LogP contribution in [0.15, 0.2) is 9.42 Å². The molecule has 1 atom stereocenters. The number of carbonyl (C=O) groups excluding carboxylic acids is 1. The summed E-state index contributed by atoms with van der Waals surface area (Å²) in [6.07, 6.45) is 8.19. The molecule has 1 aliphatic carbocycles. The number of H-pyrrole nitrogens is 1. The molecule has 30 heavy (non-hydrogen) atoms. The van der Waals surface area contributed by atoms with E-state index in [1.807, 2.05) is 0 Å². The summed E-state index contributed by atoms with van der Waals surface area (Å²) < 4.78 is 13.0. The predicted molar refractivity (Wildman–Crippen MR) is 115 cm³/mol. The molecule has 2 aliphatic rings. The molecule has 1 saturated carbocycles. The number of aromatic amines is 1. The number of hydrogen-bond acceptors (Lipinski definition) is 5. The fourth-order valence-corrected chi connectivity index (χ4v) is 8.03. The quantitative estimate of drug-likeness (QED) is 0.408. The van der Waals surface area contributed by atoms with Crippen LogP contribution < -0.4 is 20.5 Å². The summed E-state index contributed by atoms with van der Waals surface area (Å²) in [5, 5.41) is 10.1. The Bertz CT molecular complexity index is 681. The number of amides is 1. The van der Waals surface area contributed by atoms with Crippen LogP contribution in [0, 0.1) is 36.6 Å². The summed E-state index contributed by atoms with van der Waals surface area (Å²) >= 11 is 3.51. The van der Waals surface area contributed by atoms with E-state index in [1.54, 1.807) is 36.5 Å². The number of hydrogen-bond donors (Lipinski definition) is 2. The van der Waals surface area contributed by atoms with Crippen LogP contribution in [0.3, 0.4) is 0 Å². The van der Waals surface area contributed by atoms with E-state index >= 15 is 0 Å². The first-order valence-electron chi connectivity index (χ1n) is 11.4. The Kier molecular flexibility index (Phi) is 9.33. The van der Waals surface area contributed by atoms with Crippen LogP contribution in [-0.4, -0.2) is 36.4 Å². The van der Waals surface area contributed by atoms with Gasteiger partial charge in [0.15, 0.2) is 0 Å². The minimum absolute atomic E-state index is 0.146. The number of aromatic nitrogens is 1. The van der Waals surface area contributed by atoms with E-state index in [9.17, 15) is 4.79 Å². The molecule has 170 valence electrons. The number of piperidine rings is 1. The average Bonchev–Trinajstić information content (AvgIpc) is 3.38. The van der Waals surface area contributed by atoms with E-state index in [0.29, 0.717) is 35.3 Å². The molecule has 3 N–H and O–H groups in total. The summed E-state index contributed by atoms with van der Waals surface area (Å²) in [5.74, 6) is 1.84. The summed E-state index contributed by atoms with van der Waals surface area (Å²) in [6.45, 7) is 9.17. The van der Waals surface area contributed by atoms with Gasteiger partial charge in [0.05, 0.1) is 0 Å². The molecule has 1 aromatic heterocycles. The number of rotatable bonds is 10. The van der Waals surface area contributed by atoms with Gasteiger partial charge in [-0.1, -0.05) is 0 Å². The van der Waals surface area contributed by atoms with Crippen LogP contribution in [0.25, 0.3) is 0 Å². The van der Waals surface area contributed by atoms with E-state index in [-0.39, 0.29) is 11.4 Å². The fourth-order valence-electron chi connectivity index (χ4n) is 4.33. The zero-order valence-corrected chi connectivity index (χ0v) is 22.3. The van der Waals surface area contributed by atoms with Gasteiger partial charge < -0.3 is 5.32 Å². The van der Waals surface area contributed by atoms with E-state index in [4.69, 9.17) is 9.26 Å². The van der Waals surface area contributed by atoms with Crippen molar-refractivity contribution in [1.82, 2.24) is 10.6 Å². The fraction of sp³-hybridized carbons (Fsp3) is 0.818. The van der Waals surface area contributed by atoms with Gasteiger partial charge in [-0.05, 0) is 13.1 Å². The van der Waals surface area contributed by atoms with Crippen molar-refractivity contribution in [3.63, 3.8) is 0 Å². The van der Waals surface area contributed by atoms with Gasteiger partial charge in [0.2, 0.25) is 0 Å². The number of ether oxygens (including phenoxy) is 1. The van der Waals surface area contributed by atoms with E-state index in [2.05, 4.69) is 36.6 Å². The Hall–Kier alpha value is -0.327. The van der Waals surface area contributed by atoms with Gasteiger partial charge in [-0.25, -0.2) is 0 Å². The van der Waals surface area contributed by atoms with Gasteiger partial charge in [-0.15, -0.1) is 0 Å². The summed E-state index contributed by atoms with van der Waals surface area (Å²) in [7, 11) is 0. The van der Waals surface area contributed by atoms with Gasteiger partial charge in [0, 0.05) is 0 Å². The van der Waals surface area contributed by atoms with Crippen LogP contribution >= 0.6 is 11.8 Å². The first-order chi connectivity index (χ1) is 14.4. The van der Waals surface area contributed by atoms with Crippen molar-refractivity contribution in [1.29, 1.82) is 0 Å². The molecule has 0 spiro atoms. The third-order valence-electron chi connectivity index (χ3n) is 6.51. The molecule has 1 aliphatic heterocycles. The Balaban J connectivity index is 1.74.